The first-order valence-corrected chi connectivity index (χ1v) is 13.0. The van der Waals surface area contributed by atoms with Crippen LogP contribution in [0.1, 0.15) is 30.4 Å². The Labute approximate surface area is 231 Å². The molecule has 3 heterocycles. The number of imidazole rings is 1. The maximum Gasteiger partial charge on any atom is 0.418 e. The van der Waals surface area contributed by atoms with Crippen LogP contribution in [0.5, 0.6) is 0 Å². The van der Waals surface area contributed by atoms with Gasteiger partial charge in [-0.1, -0.05) is 18.2 Å². The molecule has 6 rings (SSSR count). The molecule has 5 aromatic rings. The van der Waals surface area contributed by atoms with E-state index in [1.165, 1.54) is 30.9 Å². The summed E-state index contributed by atoms with van der Waals surface area (Å²) in [6.45, 7) is 0.318. The second-order valence-electron chi connectivity index (χ2n) is 10.5. The van der Waals surface area contributed by atoms with Crippen molar-refractivity contribution in [1.82, 2.24) is 29.0 Å². The SMILES string of the molecule is Cn1cnnc1-c1cc(F)ccc1-c1cccc(-n2cc3c(C(F)(F)F)cc(CNCC4(O)CCC4)cn3c2=O)c1. The largest absolute Gasteiger partial charge is 0.418 e. The smallest absolute Gasteiger partial charge is 0.389 e. The molecule has 0 atom stereocenters. The fourth-order valence-corrected chi connectivity index (χ4v) is 5.26. The minimum absolute atomic E-state index is 0.0594. The lowest BCUT2D eigenvalue weighted by Gasteiger charge is -2.36. The van der Waals surface area contributed by atoms with E-state index in [0.717, 1.165) is 21.5 Å². The molecule has 0 aliphatic heterocycles. The van der Waals surface area contributed by atoms with E-state index in [2.05, 4.69) is 15.5 Å². The minimum atomic E-state index is -4.70. The van der Waals surface area contributed by atoms with Crippen molar-refractivity contribution in [2.45, 2.75) is 37.6 Å². The summed E-state index contributed by atoms with van der Waals surface area (Å²) in [5, 5.41) is 21.3. The van der Waals surface area contributed by atoms with Crippen molar-refractivity contribution in [3.63, 3.8) is 0 Å². The van der Waals surface area contributed by atoms with Crippen LogP contribution < -0.4 is 11.0 Å². The van der Waals surface area contributed by atoms with Gasteiger partial charge in [-0.15, -0.1) is 10.2 Å². The van der Waals surface area contributed by atoms with E-state index in [1.807, 2.05) is 0 Å². The van der Waals surface area contributed by atoms with Crippen LogP contribution in [0.3, 0.4) is 0 Å². The monoisotopic (exact) mass is 566 g/mol. The highest BCUT2D eigenvalue weighted by Crippen LogP contribution is 2.35. The summed E-state index contributed by atoms with van der Waals surface area (Å²) < 4.78 is 60.4. The molecule has 0 amide bonds. The molecule has 1 fully saturated rings. The molecule has 0 bridgehead atoms. The molecule has 2 N–H and O–H groups in total. The number of aromatic nitrogens is 5. The zero-order valence-corrected chi connectivity index (χ0v) is 22.0. The van der Waals surface area contributed by atoms with Gasteiger partial charge in [-0.05, 0) is 66.3 Å². The number of nitrogens with zero attached hydrogens (tertiary/aromatic N) is 5. The first-order valence-electron chi connectivity index (χ1n) is 13.0. The molecule has 1 saturated carbocycles. The summed E-state index contributed by atoms with van der Waals surface area (Å²) >= 11 is 0. The first-order chi connectivity index (χ1) is 19.5. The van der Waals surface area contributed by atoms with Gasteiger partial charge in [0.05, 0.1) is 22.4 Å². The van der Waals surface area contributed by atoms with Gasteiger partial charge in [0.25, 0.3) is 0 Å². The Bertz CT molecular complexity index is 1820. The molecule has 0 spiro atoms. The number of aryl methyl sites for hydroxylation is 1. The molecule has 12 heteroatoms. The van der Waals surface area contributed by atoms with Crippen molar-refractivity contribution in [1.29, 1.82) is 0 Å². The summed E-state index contributed by atoms with van der Waals surface area (Å²) in [5.74, 6) is -0.0401. The number of aliphatic hydroxyl groups is 1. The van der Waals surface area contributed by atoms with Crippen LogP contribution in [-0.2, 0) is 19.8 Å². The predicted octanol–water partition coefficient (Wildman–Crippen LogP) is 4.72. The summed E-state index contributed by atoms with van der Waals surface area (Å²) in [6, 6.07) is 12.0. The summed E-state index contributed by atoms with van der Waals surface area (Å²) in [6.07, 6.45) is 1.55. The third kappa shape index (κ3) is 5.04. The third-order valence-corrected chi connectivity index (χ3v) is 7.57. The predicted molar refractivity (Wildman–Crippen MR) is 144 cm³/mol. The number of hydrogen-bond acceptors (Lipinski definition) is 5. The molecule has 0 radical (unpaired) electrons. The van der Waals surface area contributed by atoms with E-state index in [-0.39, 0.29) is 24.2 Å². The quantitative estimate of drug-likeness (QED) is 0.279. The maximum atomic E-state index is 14.2. The first kappa shape index (κ1) is 26.9. The lowest BCUT2D eigenvalue weighted by Crippen LogP contribution is -2.46. The second kappa shape index (κ2) is 9.96. The van der Waals surface area contributed by atoms with Gasteiger partial charge in [-0.3, -0.25) is 8.97 Å². The highest BCUT2D eigenvalue weighted by Gasteiger charge is 2.35. The number of benzene rings is 2. The molecule has 8 nitrogen and oxygen atoms in total. The van der Waals surface area contributed by atoms with Gasteiger partial charge in [0.15, 0.2) is 5.82 Å². The van der Waals surface area contributed by atoms with Crippen molar-refractivity contribution >= 4 is 5.52 Å². The van der Waals surface area contributed by atoms with Crippen LogP contribution in [0.4, 0.5) is 17.6 Å². The number of pyridine rings is 1. The molecular formula is C29H26F4N6O2. The van der Waals surface area contributed by atoms with Crippen LogP contribution in [0.2, 0.25) is 0 Å². The van der Waals surface area contributed by atoms with E-state index >= 15 is 0 Å². The highest BCUT2D eigenvalue weighted by molar-refractivity contribution is 5.81. The van der Waals surface area contributed by atoms with E-state index in [4.69, 9.17) is 0 Å². The molecule has 41 heavy (non-hydrogen) atoms. The number of alkyl halides is 3. The lowest BCUT2D eigenvalue weighted by atomic mass is 9.80. The van der Waals surface area contributed by atoms with Crippen molar-refractivity contribution in [3.8, 4) is 28.2 Å². The number of halogens is 4. The Morgan fingerprint density at radius 3 is 2.56 bits per heavy atom. The van der Waals surface area contributed by atoms with E-state index < -0.39 is 28.8 Å². The topological polar surface area (TPSA) is 89.4 Å². The van der Waals surface area contributed by atoms with Gasteiger partial charge in [-0.25, -0.2) is 9.18 Å². The second-order valence-corrected chi connectivity index (χ2v) is 10.5. The molecule has 0 saturated heterocycles. The van der Waals surface area contributed by atoms with E-state index in [0.29, 0.717) is 41.0 Å². The standard InChI is InChI=1S/C29H26F4N6O2/c1-37-17-35-36-26(37)23-12-20(30)6-7-22(23)19-4-2-5-21(11-19)38-15-25-24(29(31,32)33)10-18(14-39(25)27(38)40)13-34-16-28(41)8-3-9-28/h2,4-7,10-12,14-15,17,34,41H,3,8-9,13,16H2,1H3. The number of hydrogen-bond donors (Lipinski definition) is 2. The average molecular weight is 567 g/mol. The van der Waals surface area contributed by atoms with Crippen LogP contribution in [0.15, 0.2) is 72.0 Å². The van der Waals surface area contributed by atoms with Gasteiger partial charge in [0, 0.05) is 38.1 Å². The Balaban J connectivity index is 1.41. The van der Waals surface area contributed by atoms with Gasteiger partial charge < -0.3 is 15.0 Å². The molecule has 1 aliphatic carbocycles. The normalized spacial score (nSPS) is 14.9. The van der Waals surface area contributed by atoms with Gasteiger partial charge in [0.1, 0.15) is 12.1 Å². The molecule has 3 aromatic heterocycles. The van der Waals surface area contributed by atoms with Crippen molar-refractivity contribution in [3.05, 3.63) is 94.7 Å². The fraction of sp³-hybridized carbons (Fsp3) is 0.276. The summed E-state index contributed by atoms with van der Waals surface area (Å²) in [5.41, 5.74) is -0.430. The summed E-state index contributed by atoms with van der Waals surface area (Å²) in [4.78, 5) is 13.5. The zero-order valence-electron chi connectivity index (χ0n) is 22.0. The summed E-state index contributed by atoms with van der Waals surface area (Å²) in [7, 11) is 1.73. The van der Waals surface area contributed by atoms with Crippen molar-refractivity contribution in [2.75, 3.05) is 6.54 Å². The van der Waals surface area contributed by atoms with Crippen LogP contribution in [0.25, 0.3) is 33.7 Å². The van der Waals surface area contributed by atoms with E-state index in [9.17, 15) is 27.5 Å². The van der Waals surface area contributed by atoms with Crippen molar-refractivity contribution < 1.29 is 22.7 Å². The highest BCUT2D eigenvalue weighted by atomic mass is 19.4. The molecule has 212 valence electrons. The Morgan fingerprint density at radius 1 is 1.07 bits per heavy atom. The maximum absolute atomic E-state index is 14.2. The minimum Gasteiger partial charge on any atom is -0.389 e. The number of fused-ring (bicyclic) bond motifs is 1. The van der Waals surface area contributed by atoms with E-state index in [1.54, 1.807) is 41.9 Å². The third-order valence-electron chi connectivity index (χ3n) is 7.57. The van der Waals surface area contributed by atoms with Crippen LogP contribution >= 0.6 is 0 Å². The zero-order chi connectivity index (χ0) is 28.9. The average Bonchev–Trinajstić information content (AvgIpc) is 3.49. The Morgan fingerprint density at radius 2 is 1.88 bits per heavy atom. The Kier molecular flexibility index (Phi) is 6.54. The van der Waals surface area contributed by atoms with Gasteiger partial charge in [0.2, 0.25) is 0 Å². The van der Waals surface area contributed by atoms with Crippen LogP contribution in [0, 0.1) is 5.82 Å². The van der Waals surface area contributed by atoms with Gasteiger partial charge in [-0.2, -0.15) is 13.2 Å². The molecule has 2 aromatic carbocycles. The van der Waals surface area contributed by atoms with Gasteiger partial charge >= 0.3 is 11.9 Å². The van der Waals surface area contributed by atoms with Crippen molar-refractivity contribution in [2.24, 2.45) is 7.05 Å². The number of nitrogens with one attached hydrogen (secondary N) is 1. The fourth-order valence-electron chi connectivity index (χ4n) is 5.26. The van der Waals surface area contributed by atoms with Crippen LogP contribution in [-0.4, -0.2) is 41.0 Å². The number of rotatable bonds is 7. The Hall–Kier alpha value is -4.29. The lowest BCUT2D eigenvalue weighted by molar-refractivity contribution is -0.136. The molecule has 1 aliphatic rings. The molecular weight excluding hydrogens is 540 g/mol. The molecule has 0 unspecified atom stereocenters.